The minimum atomic E-state index is -0.917. The van der Waals surface area contributed by atoms with Gasteiger partial charge >= 0.3 is 18.5 Å². The fraction of sp³-hybridized carbons (Fsp3) is 0.545. The summed E-state index contributed by atoms with van der Waals surface area (Å²) in [6.07, 6.45) is -2.17. The van der Waals surface area contributed by atoms with Crippen LogP contribution >= 0.6 is 0 Å². The maximum absolute atomic E-state index is 12.8. The molecular weight excluding hydrogens is 556 g/mol. The first-order valence-electron chi connectivity index (χ1n) is 14.2. The fourth-order valence-electron chi connectivity index (χ4n) is 4.83. The second-order valence-electron chi connectivity index (χ2n) is 14.4. The minimum absolute atomic E-state index is 0.118. The number of carbonyl (C=O) groups is 3. The van der Waals surface area contributed by atoms with Gasteiger partial charge in [0.05, 0.1) is 0 Å². The molecule has 0 spiro atoms. The second-order valence-corrected chi connectivity index (χ2v) is 14.4. The van der Waals surface area contributed by atoms with Crippen LogP contribution in [-0.4, -0.2) is 40.9 Å². The lowest BCUT2D eigenvalue weighted by molar-refractivity contribution is 0.0186. The number of hydrogen-bond donors (Lipinski definition) is 0. The van der Waals surface area contributed by atoms with Gasteiger partial charge in [-0.25, -0.2) is 14.4 Å². The maximum Gasteiger partial charge on any atom is 0.514 e. The van der Waals surface area contributed by atoms with Crippen LogP contribution in [0.3, 0.4) is 0 Å². The van der Waals surface area contributed by atoms with E-state index in [4.69, 9.17) is 33.2 Å². The Morgan fingerprint density at radius 2 is 1.05 bits per heavy atom. The first-order valence-corrected chi connectivity index (χ1v) is 14.2. The van der Waals surface area contributed by atoms with Crippen molar-refractivity contribution in [1.29, 1.82) is 0 Å². The van der Waals surface area contributed by atoms with Crippen LogP contribution in [0.2, 0.25) is 0 Å². The third-order valence-corrected chi connectivity index (χ3v) is 6.02. The van der Waals surface area contributed by atoms with Gasteiger partial charge in [-0.15, -0.1) is 0 Å². The average molecular weight is 601 g/mol. The predicted octanol–water partition coefficient (Wildman–Crippen LogP) is 8.50. The Kier molecular flexibility index (Phi) is 9.07. The van der Waals surface area contributed by atoms with Gasteiger partial charge in [-0.1, -0.05) is 19.1 Å². The lowest BCUT2D eigenvalue weighted by Crippen LogP contribution is -2.43. The van der Waals surface area contributed by atoms with Gasteiger partial charge in [0, 0.05) is 35.1 Å². The van der Waals surface area contributed by atoms with E-state index in [0.717, 1.165) is 5.56 Å². The van der Waals surface area contributed by atoms with E-state index in [9.17, 15) is 14.4 Å². The summed E-state index contributed by atoms with van der Waals surface area (Å²) in [6, 6.07) is 9.87. The molecular formula is C33H44O10. The summed E-state index contributed by atoms with van der Waals surface area (Å²) in [7, 11) is 0. The molecule has 2 aromatic carbocycles. The quantitative estimate of drug-likeness (QED) is 0.192. The molecule has 1 atom stereocenters. The van der Waals surface area contributed by atoms with Gasteiger partial charge in [0.1, 0.15) is 45.4 Å². The lowest BCUT2D eigenvalue weighted by Gasteiger charge is -2.45. The molecule has 1 aliphatic rings. The summed E-state index contributed by atoms with van der Waals surface area (Å²) in [6.45, 7) is 21.5. The molecule has 0 saturated carbocycles. The van der Waals surface area contributed by atoms with Crippen molar-refractivity contribution >= 4 is 18.5 Å². The number of benzene rings is 2. The van der Waals surface area contributed by atoms with Crippen LogP contribution in [0, 0.1) is 0 Å². The maximum atomic E-state index is 12.8. The zero-order valence-electron chi connectivity index (χ0n) is 27.3. The van der Waals surface area contributed by atoms with Gasteiger partial charge in [0.2, 0.25) is 0 Å². The van der Waals surface area contributed by atoms with Crippen LogP contribution in [0.15, 0.2) is 36.4 Å². The van der Waals surface area contributed by atoms with Crippen LogP contribution < -0.4 is 18.9 Å². The van der Waals surface area contributed by atoms with Crippen LogP contribution in [0.25, 0.3) is 0 Å². The van der Waals surface area contributed by atoms with Crippen LogP contribution in [0.5, 0.6) is 23.0 Å². The normalized spacial score (nSPS) is 18.0. The first kappa shape index (κ1) is 33.6. The molecule has 10 heteroatoms. The van der Waals surface area contributed by atoms with Gasteiger partial charge in [0.25, 0.3) is 0 Å². The van der Waals surface area contributed by atoms with Crippen molar-refractivity contribution in [2.75, 3.05) is 0 Å². The summed E-state index contributed by atoms with van der Waals surface area (Å²) < 4.78 is 38.9. The summed E-state index contributed by atoms with van der Waals surface area (Å²) in [4.78, 5) is 37.6. The Bertz CT molecular complexity index is 1370. The van der Waals surface area contributed by atoms with E-state index >= 15 is 0 Å². The SMILES string of the molecule is CC(C)(C)OC(=O)Oc1ccc(C2(C)CC(C)(C)Oc3cc(OC(=O)OC(C)(C)C)ccc32)c(OC(=O)OC(C)(C)C)c1. The molecule has 0 bridgehead atoms. The fourth-order valence-corrected chi connectivity index (χ4v) is 4.83. The smallest absolute Gasteiger partial charge is 0.487 e. The highest BCUT2D eigenvalue weighted by molar-refractivity contribution is 5.69. The van der Waals surface area contributed by atoms with Crippen molar-refractivity contribution in [3.05, 3.63) is 47.5 Å². The Labute approximate surface area is 253 Å². The van der Waals surface area contributed by atoms with Crippen molar-refractivity contribution in [1.82, 2.24) is 0 Å². The molecule has 43 heavy (non-hydrogen) atoms. The Hall–Kier alpha value is -3.95. The Morgan fingerprint density at radius 3 is 1.51 bits per heavy atom. The monoisotopic (exact) mass is 600 g/mol. The highest BCUT2D eigenvalue weighted by Gasteiger charge is 2.45. The second kappa shape index (κ2) is 11.6. The van der Waals surface area contributed by atoms with Crippen LogP contribution in [0.1, 0.15) is 101 Å². The molecule has 2 aromatic rings. The molecule has 0 N–H and O–H groups in total. The predicted molar refractivity (Wildman–Crippen MR) is 159 cm³/mol. The number of rotatable bonds is 4. The zero-order chi connectivity index (χ0) is 32.6. The van der Waals surface area contributed by atoms with Crippen LogP contribution in [-0.2, 0) is 19.6 Å². The van der Waals surface area contributed by atoms with E-state index in [0.29, 0.717) is 17.7 Å². The molecule has 3 rings (SSSR count). The highest BCUT2D eigenvalue weighted by atomic mass is 16.7. The molecule has 10 nitrogen and oxygen atoms in total. The van der Waals surface area contributed by atoms with E-state index in [1.165, 1.54) is 6.07 Å². The molecule has 1 unspecified atom stereocenters. The standard InChI is InChI=1S/C33H44O10/c1-29(2,3)41-26(34)37-20-13-15-22(24(17-20)39-28(36)43-31(7,8)9)33(12)19-32(10,11)40-25-18-21(14-16-23(25)33)38-27(35)42-30(4,5)6/h13-18H,19H2,1-12H3. The molecule has 0 radical (unpaired) electrons. The topological polar surface area (TPSA) is 116 Å². The molecule has 0 fully saturated rings. The molecule has 0 aliphatic carbocycles. The van der Waals surface area contributed by atoms with Gasteiger partial charge in [-0.05, 0) is 88.3 Å². The van der Waals surface area contributed by atoms with E-state index < -0.39 is 46.3 Å². The van der Waals surface area contributed by atoms with Gasteiger partial charge in [0.15, 0.2) is 0 Å². The minimum Gasteiger partial charge on any atom is -0.487 e. The number of hydrogen-bond acceptors (Lipinski definition) is 10. The summed E-state index contributed by atoms with van der Waals surface area (Å²) in [5, 5.41) is 0. The van der Waals surface area contributed by atoms with Crippen molar-refractivity contribution in [2.24, 2.45) is 0 Å². The largest absolute Gasteiger partial charge is 0.514 e. The summed E-state index contributed by atoms with van der Waals surface area (Å²) in [5.41, 5.74) is -2.35. The molecule has 0 saturated heterocycles. The van der Waals surface area contributed by atoms with E-state index in [1.54, 1.807) is 92.6 Å². The Balaban J connectivity index is 2.08. The number of ether oxygens (including phenoxy) is 7. The van der Waals surface area contributed by atoms with Crippen molar-refractivity contribution in [3.8, 4) is 23.0 Å². The zero-order valence-corrected chi connectivity index (χ0v) is 27.3. The van der Waals surface area contributed by atoms with Gasteiger partial charge < -0.3 is 33.2 Å². The average Bonchev–Trinajstić information content (AvgIpc) is 2.73. The van der Waals surface area contributed by atoms with Gasteiger partial charge in [-0.3, -0.25) is 0 Å². The summed E-state index contributed by atoms with van der Waals surface area (Å²) in [5.74, 6) is 0.986. The van der Waals surface area contributed by atoms with Crippen molar-refractivity contribution in [2.45, 2.75) is 117 Å². The molecule has 1 heterocycles. The van der Waals surface area contributed by atoms with Crippen LogP contribution in [0.4, 0.5) is 14.4 Å². The van der Waals surface area contributed by atoms with Crippen molar-refractivity contribution in [3.63, 3.8) is 0 Å². The van der Waals surface area contributed by atoms with Crippen molar-refractivity contribution < 1.29 is 47.5 Å². The van der Waals surface area contributed by atoms with E-state index in [-0.39, 0.29) is 17.2 Å². The molecule has 236 valence electrons. The summed E-state index contributed by atoms with van der Waals surface area (Å²) >= 11 is 0. The third-order valence-electron chi connectivity index (χ3n) is 6.02. The van der Waals surface area contributed by atoms with E-state index in [2.05, 4.69) is 0 Å². The molecule has 0 aromatic heterocycles. The molecule has 0 amide bonds. The molecule has 1 aliphatic heterocycles. The first-order chi connectivity index (χ1) is 19.4. The lowest BCUT2D eigenvalue weighted by atomic mass is 9.67. The van der Waals surface area contributed by atoms with E-state index in [1.807, 2.05) is 20.8 Å². The third kappa shape index (κ3) is 9.53. The Morgan fingerprint density at radius 1 is 0.628 bits per heavy atom. The number of fused-ring (bicyclic) bond motifs is 1. The van der Waals surface area contributed by atoms with Gasteiger partial charge in [-0.2, -0.15) is 0 Å². The highest BCUT2D eigenvalue weighted by Crippen LogP contribution is 2.52. The number of carbonyl (C=O) groups excluding carboxylic acids is 3.